The molecule has 0 unspecified atom stereocenters. The van der Waals surface area contributed by atoms with Gasteiger partial charge in [0.2, 0.25) is 6.79 Å². The number of carbonyl (C=O) groups is 2. The van der Waals surface area contributed by atoms with Crippen molar-refractivity contribution >= 4 is 29.4 Å². The topological polar surface area (TPSA) is 110 Å². The molecule has 2 aliphatic rings. The lowest BCUT2D eigenvalue weighted by Crippen LogP contribution is -2.39. The highest BCUT2D eigenvalue weighted by Gasteiger charge is 2.34. The first kappa shape index (κ1) is 29.2. The second kappa shape index (κ2) is 11.3. The molecule has 0 radical (unpaired) electrons. The number of methoxy groups -OCH3 is 1. The minimum absolute atomic E-state index is 0.103. The lowest BCUT2D eigenvalue weighted by atomic mass is 9.95. The highest BCUT2D eigenvalue weighted by atomic mass is 32.1. The first-order valence-corrected chi connectivity index (χ1v) is 14.9. The van der Waals surface area contributed by atoms with Gasteiger partial charge in [-0.3, -0.25) is 9.36 Å². The summed E-state index contributed by atoms with van der Waals surface area (Å²) in [4.78, 5) is 44.9. The predicted molar refractivity (Wildman–Crippen MR) is 164 cm³/mol. The molecule has 4 aromatic rings. The van der Waals surface area contributed by atoms with Crippen LogP contribution in [-0.4, -0.2) is 41.6 Å². The summed E-state index contributed by atoms with van der Waals surface area (Å²) in [5, 5.41) is 0. The van der Waals surface area contributed by atoms with Gasteiger partial charge in [0.05, 0.1) is 41.1 Å². The van der Waals surface area contributed by atoms with Gasteiger partial charge in [-0.15, -0.1) is 0 Å². The van der Waals surface area contributed by atoms with E-state index >= 15 is 0 Å². The predicted octanol–water partition coefficient (Wildman–Crippen LogP) is 4.03. The molecule has 226 valence electrons. The fraction of sp³-hybridized carbons (Fsp3) is 0.273. The molecule has 4 heterocycles. The van der Waals surface area contributed by atoms with Crippen molar-refractivity contribution in [2.24, 2.45) is 4.99 Å². The number of carbonyl (C=O) groups excluding carboxylic acids is 2. The molecule has 11 heteroatoms. The van der Waals surface area contributed by atoms with E-state index in [1.165, 1.54) is 18.4 Å². The molecule has 1 atom stereocenters. The van der Waals surface area contributed by atoms with Gasteiger partial charge in [-0.1, -0.05) is 23.5 Å². The average molecular weight is 614 g/mol. The van der Waals surface area contributed by atoms with E-state index in [9.17, 15) is 14.4 Å². The summed E-state index contributed by atoms with van der Waals surface area (Å²) >= 11 is 1.26. The first-order chi connectivity index (χ1) is 21.1. The van der Waals surface area contributed by atoms with E-state index in [4.69, 9.17) is 18.9 Å². The molecular weight excluding hydrogens is 582 g/mol. The van der Waals surface area contributed by atoms with Crippen LogP contribution in [0.4, 0.5) is 0 Å². The van der Waals surface area contributed by atoms with Crippen molar-refractivity contribution in [2.45, 2.75) is 40.7 Å². The van der Waals surface area contributed by atoms with E-state index in [0.29, 0.717) is 43.2 Å². The summed E-state index contributed by atoms with van der Waals surface area (Å²) in [7, 11) is 1.36. The summed E-state index contributed by atoms with van der Waals surface area (Å²) in [6, 6.07) is 12.1. The van der Waals surface area contributed by atoms with E-state index in [1.807, 2.05) is 51.1 Å². The van der Waals surface area contributed by atoms with E-state index in [1.54, 1.807) is 36.6 Å². The summed E-state index contributed by atoms with van der Waals surface area (Å²) in [6.07, 6.45) is 1.85. The van der Waals surface area contributed by atoms with Crippen molar-refractivity contribution in [3.63, 3.8) is 0 Å². The maximum atomic E-state index is 14.1. The van der Waals surface area contributed by atoms with Gasteiger partial charge in [-0.2, -0.15) is 0 Å². The second-order valence-electron chi connectivity index (χ2n) is 10.5. The van der Waals surface area contributed by atoms with Gasteiger partial charge in [-0.05, 0) is 87.7 Å². The molecule has 0 saturated carbocycles. The summed E-state index contributed by atoms with van der Waals surface area (Å²) in [5.41, 5.74) is 5.98. The molecule has 44 heavy (non-hydrogen) atoms. The lowest BCUT2D eigenvalue weighted by molar-refractivity contribution is -0.139. The number of allylic oxidation sites excluding steroid dienone is 1. The highest BCUT2D eigenvalue weighted by molar-refractivity contribution is 7.07. The van der Waals surface area contributed by atoms with Crippen LogP contribution in [0.25, 0.3) is 11.8 Å². The number of ether oxygens (including phenoxy) is 4. The molecule has 6 rings (SSSR count). The molecular formula is C33H31N3O7S. The zero-order valence-electron chi connectivity index (χ0n) is 25.2. The third-order valence-electron chi connectivity index (χ3n) is 7.94. The van der Waals surface area contributed by atoms with E-state index in [0.717, 1.165) is 28.2 Å². The number of aromatic nitrogens is 2. The Morgan fingerprint density at radius 1 is 1.07 bits per heavy atom. The van der Waals surface area contributed by atoms with E-state index < -0.39 is 18.0 Å². The minimum atomic E-state index is -0.766. The zero-order valence-corrected chi connectivity index (χ0v) is 26.0. The number of rotatable bonds is 6. The molecule has 0 aliphatic carbocycles. The molecule has 0 amide bonds. The van der Waals surface area contributed by atoms with Crippen LogP contribution >= 0.6 is 11.3 Å². The second-order valence-corrected chi connectivity index (χ2v) is 11.5. The average Bonchev–Trinajstić information content (AvgIpc) is 3.67. The number of benzene rings is 2. The van der Waals surface area contributed by atoms with Crippen LogP contribution in [0.5, 0.6) is 11.5 Å². The monoisotopic (exact) mass is 613 g/mol. The summed E-state index contributed by atoms with van der Waals surface area (Å²) in [5.74, 6) is 0.213. The highest BCUT2D eigenvalue weighted by Crippen LogP contribution is 2.38. The van der Waals surface area contributed by atoms with Crippen molar-refractivity contribution in [3.8, 4) is 17.2 Å². The van der Waals surface area contributed by atoms with Gasteiger partial charge in [0.15, 0.2) is 16.3 Å². The van der Waals surface area contributed by atoms with E-state index in [2.05, 4.69) is 9.56 Å². The Bertz CT molecular complexity index is 2060. The number of aryl methyl sites for hydroxylation is 1. The number of nitrogens with zero attached hydrogens (tertiary/aromatic N) is 3. The molecule has 10 nitrogen and oxygen atoms in total. The van der Waals surface area contributed by atoms with Gasteiger partial charge in [0.25, 0.3) is 5.56 Å². The van der Waals surface area contributed by atoms with Crippen LogP contribution < -0.4 is 24.4 Å². The number of esters is 2. The number of hydrogen-bond donors (Lipinski definition) is 0. The minimum Gasteiger partial charge on any atom is -0.465 e. The quantitative estimate of drug-likeness (QED) is 0.302. The molecule has 0 fully saturated rings. The molecule has 2 aromatic carbocycles. The number of hydrogen-bond acceptors (Lipinski definition) is 9. The maximum absolute atomic E-state index is 14.1. The Morgan fingerprint density at radius 2 is 1.84 bits per heavy atom. The molecule has 0 bridgehead atoms. The fourth-order valence-electron chi connectivity index (χ4n) is 5.83. The van der Waals surface area contributed by atoms with Crippen molar-refractivity contribution in [3.05, 3.63) is 107 Å². The molecule has 2 aliphatic heterocycles. The largest absolute Gasteiger partial charge is 0.465 e. The Morgan fingerprint density at radius 3 is 2.59 bits per heavy atom. The van der Waals surface area contributed by atoms with Crippen molar-refractivity contribution in [2.75, 3.05) is 20.5 Å². The Balaban J connectivity index is 1.51. The van der Waals surface area contributed by atoms with Crippen LogP contribution in [-0.2, 0) is 14.3 Å². The summed E-state index contributed by atoms with van der Waals surface area (Å²) < 4.78 is 25.5. The maximum Gasteiger partial charge on any atom is 0.338 e. The third kappa shape index (κ3) is 4.73. The van der Waals surface area contributed by atoms with Crippen molar-refractivity contribution < 1.29 is 28.5 Å². The smallest absolute Gasteiger partial charge is 0.338 e. The van der Waals surface area contributed by atoms with Crippen LogP contribution in [0.15, 0.2) is 63.5 Å². The standard InChI is InChI=1S/C33H31N3O7S/c1-7-41-32(39)28-19(4)34-33-36(29(28)21-11-12-25-26(14-21)43-16-42-25)30(37)27(44-33)15-22-13-17(2)35(20(22)5)24-10-8-9-23(18(24)3)31(38)40-6/h8-15,29H,7,16H2,1-6H3/b27-15+/t29-/m1/s1. The molecule has 2 aromatic heterocycles. The number of fused-ring (bicyclic) bond motifs is 2. The molecule has 0 spiro atoms. The Labute approximate surface area is 257 Å². The van der Waals surface area contributed by atoms with E-state index in [-0.39, 0.29) is 19.0 Å². The zero-order chi connectivity index (χ0) is 31.3. The van der Waals surface area contributed by atoms with Crippen LogP contribution in [0.3, 0.4) is 0 Å². The molecule has 0 N–H and O–H groups in total. The summed E-state index contributed by atoms with van der Waals surface area (Å²) in [6.45, 7) is 9.61. The lowest BCUT2D eigenvalue weighted by Gasteiger charge is -2.24. The van der Waals surface area contributed by atoms with Gasteiger partial charge in [0, 0.05) is 17.1 Å². The van der Waals surface area contributed by atoms with Gasteiger partial charge >= 0.3 is 11.9 Å². The third-order valence-corrected chi connectivity index (χ3v) is 8.92. The van der Waals surface area contributed by atoms with Crippen LogP contribution in [0.1, 0.15) is 58.3 Å². The van der Waals surface area contributed by atoms with Crippen molar-refractivity contribution in [1.82, 2.24) is 9.13 Å². The molecule has 0 saturated heterocycles. The van der Waals surface area contributed by atoms with Gasteiger partial charge in [0.1, 0.15) is 0 Å². The van der Waals surface area contributed by atoms with Crippen molar-refractivity contribution in [1.29, 1.82) is 0 Å². The van der Waals surface area contributed by atoms with Crippen LogP contribution in [0.2, 0.25) is 0 Å². The van der Waals surface area contributed by atoms with Crippen LogP contribution in [0, 0.1) is 20.8 Å². The van der Waals surface area contributed by atoms with Gasteiger partial charge in [-0.25, -0.2) is 14.6 Å². The Kier molecular flexibility index (Phi) is 7.50. The Hall–Kier alpha value is -4.90. The fourth-order valence-corrected chi connectivity index (χ4v) is 6.87. The first-order valence-electron chi connectivity index (χ1n) is 14.1. The number of thiazole rings is 1. The van der Waals surface area contributed by atoms with Gasteiger partial charge < -0.3 is 23.5 Å². The SMILES string of the molecule is CCOC(=O)C1=C(C)N=c2s/c(=C/c3cc(C)n(-c4cccc(C(=O)OC)c4C)c3C)c(=O)n2[C@@H]1c1ccc2c(c1)OCO2. The normalized spacial score (nSPS) is 15.7.